The zero-order valence-electron chi connectivity index (χ0n) is 10.8. The van der Waals surface area contributed by atoms with Crippen LogP contribution in [0.1, 0.15) is 58.8 Å². The minimum atomic E-state index is 0.194. The monoisotopic (exact) mass is 215 g/mol. The van der Waals surface area contributed by atoms with Crippen molar-refractivity contribution in [3.8, 4) is 0 Å². The second-order valence-corrected chi connectivity index (χ2v) is 4.97. The Morgan fingerprint density at radius 1 is 1.07 bits per heavy atom. The van der Waals surface area contributed by atoms with Gasteiger partial charge in [-0.25, -0.2) is 0 Å². The summed E-state index contributed by atoms with van der Waals surface area (Å²) < 4.78 is 5.21. The van der Waals surface area contributed by atoms with E-state index in [0.717, 1.165) is 13.2 Å². The van der Waals surface area contributed by atoms with Crippen LogP contribution in [0.25, 0.3) is 0 Å². The molecule has 1 unspecified atom stereocenters. The lowest BCUT2D eigenvalue weighted by atomic mass is 9.85. The lowest BCUT2D eigenvalue weighted by Gasteiger charge is -2.26. The molecule has 2 nitrogen and oxygen atoms in total. The molecule has 0 heterocycles. The molecule has 0 amide bonds. The Hall–Kier alpha value is -0.0800. The minimum Gasteiger partial charge on any atom is -0.384 e. The molecule has 0 fully saturated rings. The number of hydrogen-bond donors (Lipinski definition) is 1. The summed E-state index contributed by atoms with van der Waals surface area (Å²) >= 11 is 0. The lowest BCUT2D eigenvalue weighted by molar-refractivity contribution is 0.0889. The van der Waals surface area contributed by atoms with E-state index in [-0.39, 0.29) is 5.41 Å². The quantitative estimate of drug-likeness (QED) is 0.567. The van der Waals surface area contributed by atoms with Crippen LogP contribution in [0.2, 0.25) is 0 Å². The number of hydrogen-bond acceptors (Lipinski definition) is 2. The average Bonchev–Trinajstić information content (AvgIpc) is 2.24. The highest BCUT2D eigenvalue weighted by molar-refractivity contribution is 4.74. The first-order chi connectivity index (χ1) is 7.18. The van der Waals surface area contributed by atoms with E-state index in [1.807, 2.05) is 0 Å². The molecule has 0 aliphatic heterocycles. The molecule has 0 aromatic carbocycles. The molecular formula is C13H29NO. The number of methoxy groups -OCH3 is 1. The second kappa shape index (κ2) is 9.17. The summed E-state index contributed by atoms with van der Waals surface area (Å²) in [4.78, 5) is 0. The Labute approximate surface area is 95.6 Å². The summed E-state index contributed by atoms with van der Waals surface area (Å²) in [7, 11) is 1.76. The van der Waals surface area contributed by atoms with Gasteiger partial charge in [-0.3, -0.25) is 0 Å². The topological polar surface area (TPSA) is 35.2 Å². The van der Waals surface area contributed by atoms with Gasteiger partial charge in [-0.1, -0.05) is 52.4 Å². The molecule has 0 aliphatic carbocycles. The molecule has 2 N–H and O–H groups in total. The van der Waals surface area contributed by atoms with Gasteiger partial charge < -0.3 is 10.5 Å². The Bertz CT molecular complexity index is 138. The maximum Gasteiger partial charge on any atom is 0.0528 e. The third-order valence-electron chi connectivity index (χ3n) is 3.12. The van der Waals surface area contributed by atoms with Crippen LogP contribution in [0.15, 0.2) is 0 Å². The summed E-state index contributed by atoms with van der Waals surface area (Å²) in [5.41, 5.74) is 5.97. The molecule has 0 saturated carbocycles. The van der Waals surface area contributed by atoms with Crippen LogP contribution in [0.3, 0.4) is 0 Å². The molecule has 0 aromatic heterocycles. The van der Waals surface area contributed by atoms with E-state index < -0.39 is 0 Å². The van der Waals surface area contributed by atoms with Crippen molar-refractivity contribution in [2.24, 2.45) is 11.1 Å². The van der Waals surface area contributed by atoms with E-state index >= 15 is 0 Å². The van der Waals surface area contributed by atoms with Crippen molar-refractivity contribution in [2.75, 3.05) is 20.3 Å². The molecule has 0 bridgehead atoms. The summed E-state index contributed by atoms with van der Waals surface area (Å²) in [5.74, 6) is 0. The van der Waals surface area contributed by atoms with Gasteiger partial charge in [0.25, 0.3) is 0 Å². The number of ether oxygens (including phenoxy) is 1. The van der Waals surface area contributed by atoms with Gasteiger partial charge in [0.2, 0.25) is 0 Å². The maximum absolute atomic E-state index is 5.78. The van der Waals surface area contributed by atoms with E-state index in [1.54, 1.807) is 7.11 Å². The number of rotatable bonds is 10. The highest BCUT2D eigenvalue weighted by atomic mass is 16.5. The van der Waals surface area contributed by atoms with E-state index in [9.17, 15) is 0 Å². The van der Waals surface area contributed by atoms with Crippen molar-refractivity contribution in [3.63, 3.8) is 0 Å². The molecule has 92 valence electrons. The van der Waals surface area contributed by atoms with Crippen LogP contribution in [0, 0.1) is 5.41 Å². The second-order valence-electron chi connectivity index (χ2n) is 4.97. The van der Waals surface area contributed by atoms with Crippen molar-refractivity contribution in [1.29, 1.82) is 0 Å². The molecule has 2 heteroatoms. The molecule has 0 spiro atoms. The van der Waals surface area contributed by atoms with Crippen LogP contribution in [-0.4, -0.2) is 20.3 Å². The van der Waals surface area contributed by atoms with Gasteiger partial charge >= 0.3 is 0 Å². The molecular weight excluding hydrogens is 186 g/mol. The zero-order chi connectivity index (χ0) is 11.6. The van der Waals surface area contributed by atoms with Crippen molar-refractivity contribution in [2.45, 2.75) is 58.8 Å². The number of nitrogens with two attached hydrogens (primary N) is 1. The van der Waals surface area contributed by atoms with E-state index in [4.69, 9.17) is 10.5 Å². The van der Waals surface area contributed by atoms with Crippen molar-refractivity contribution in [3.05, 3.63) is 0 Å². The van der Waals surface area contributed by atoms with Crippen molar-refractivity contribution < 1.29 is 4.74 Å². The molecule has 15 heavy (non-hydrogen) atoms. The predicted molar refractivity (Wildman–Crippen MR) is 67.0 cm³/mol. The summed E-state index contributed by atoms with van der Waals surface area (Å²) in [5, 5.41) is 0. The first kappa shape index (κ1) is 14.9. The van der Waals surface area contributed by atoms with Gasteiger partial charge in [-0.05, 0) is 13.0 Å². The average molecular weight is 215 g/mol. The fourth-order valence-electron chi connectivity index (χ4n) is 1.91. The molecule has 1 atom stereocenters. The lowest BCUT2D eigenvalue weighted by Crippen LogP contribution is -2.31. The molecule has 0 aromatic rings. The summed E-state index contributed by atoms with van der Waals surface area (Å²) in [6.45, 7) is 6.00. The normalized spacial score (nSPS) is 15.2. The van der Waals surface area contributed by atoms with Gasteiger partial charge in [0.1, 0.15) is 0 Å². The van der Waals surface area contributed by atoms with Crippen LogP contribution in [0.4, 0.5) is 0 Å². The highest BCUT2D eigenvalue weighted by Gasteiger charge is 2.21. The maximum atomic E-state index is 5.78. The van der Waals surface area contributed by atoms with Gasteiger partial charge in [0.05, 0.1) is 6.61 Å². The van der Waals surface area contributed by atoms with Crippen LogP contribution < -0.4 is 5.73 Å². The highest BCUT2D eigenvalue weighted by Crippen LogP contribution is 2.23. The largest absolute Gasteiger partial charge is 0.384 e. The molecule has 0 aliphatic rings. The van der Waals surface area contributed by atoms with Gasteiger partial charge in [-0.2, -0.15) is 0 Å². The Morgan fingerprint density at radius 3 is 2.20 bits per heavy atom. The van der Waals surface area contributed by atoms with Crippen molar-refractivity contribution >= 4 is 0 Å². The van der Waals surface area contributed by atoms with E-state index in [0.29, 0.717) is 0 Å². The van der Waals surface area contributed by atoms with Gasteiger partial charge in [0, 0.05) is 12.5 Å². The van der Waals surface area contributed by atoms with Crippen LogP contribution in [0.5, 0.6) is 0 Å². The predicted octanol–water partition coefficient (Wildman–Crippen LogP) is 3.35. The summed E-state index contributed by atoms with van der Waals surface area (Å²) in [6, 6.07) is 0. The van der Waals surface area contributed by atoms with Crippen LogP contribution in [-0.2, 0) is 4.74 Å². The SMILES string of the molecule is CCCCCCCCC(C)(CN)COC. The first-order valence-electron chi connectivity index (χ1n) is 6.37. The smallest absolute Gasteiger partial charge is 0.0528 e. The minimum absolute atomic E-state index is 0.194. The molecule has 0 rings (SSSR count). The molecule has 0 radical (unpaired) electrons. The van der Waals surface area contributed by atoms with E-state index in [2.05, 4.69) is 13.8 Å². The summed E-state index contributed by atoms with van der Waals surface area (Å²) in [6.07, 6.45) is 9.31. The van der Waals surface area contributed by atoms with Gasteiger partial charge in [-0.15, -0.1) is 0 Å². The van der Waals surface area contributed by atoms with Crippen LogP contribution >= 0.6 is 0 Å². The molecule has 0 saturated heterocycles. The number of unbranched alkanes of at least 4 members (excludes halogenated alkanes) is 5. The fourth-order valence-corrected chi connectivity index (χ4v) is 1.91. The Morgan fingerprint density at radius 2 is 1.67 bits per heavy atom. The Balaban J connectivity index is 3.46. The third kappa shape index (κ3) is 7.80. The fraction of sp³-hybridized carbons (Fsp3) is 1.00. The van der Waals surface area contributed by atoms with Crippen molar-refractivity contribution in [1.82, 2.24) is 0 Å². The first-order valence-corrected chi connectivity index (χ1v) is 6.37. The third-order valence-corrected chi connectivity index (χ3v) is 3.12. The standard InChI is InChI=1S/C13H29NO/c1-4-5-6-7-8-9-10-13(2,11-14)12-15-3/h4-12,14H2,1-3H3. The zero-order valence-corrected chi connectivity index (χ0v) is 10.8. The Kier molecular flexibility index (Phi) is 9.12. The van der Waals surface area contributed by atoms with E-state index in [1.165, 1.54) is 44.9 Å². The van der Waals surface area contributed by atoms with Gasteiger partial charge in [0.15, 0.2) is 0 Å².